The van der Waals surface area contributed by atoms with Crippen LogP contribution in [0.25, 0.3) is 0 Å². The highest BCUT2D eigenvalue weighted by Gasteiger charge is 2.05. The Morgan fingerprint density at radius 3 is 2.50 bits per heavy atom. The standard InChI is InChI=1S/C7H9O2PS2/c8-10(11,12)9-6-7-4-2-1-3-5-7/h1-5H,6H2,(H2,8,11,12). The Labute approximate surface area is 81.9 Å². The predicted molar refractivity (Wildman–Crippen MR) is 56.7 cm³/mol. The second-order valence-corrected chi connectivity index (χ2v) is 7.41. The lowest BCUT2D eigenvalue weighted by molar-refractivity contribution is 0.310. The molecule has 5 heteroatoms. The van der Waals surface area contributed by atoms with E-state index in [1.807, 2.05) is 30.3 Å². The van der Waals surface area contributed by atoms with Crippen molar-refractivity contribution >= 4 is 29.7 Å². The molecule has 0 aliphatic rings. The molecule has 0 aromatic heterocycles. The molecule has 0 spiro atoms. The second kappa shape index (κ2) is 4.40. The summed E-state index contributed by atoms with van der Waals surface area (Å²) in [6.07, 6.45) is 0. The second-order valence-electron chi connectivity index (χ2n) is 2.25. The van der Waals surface area contributed by atoms with Crippen molar-refractivity contribution in [1.29, 1.82) is 0 Å². The first-order chi connectivity index (χ1) is 5.58. The van der Waals surface area contributed by atoms with Gasteiger partial charge in [0.05, 0.1) is 6.61 Å². The van der Waals surface area contributed by atoms with Crippen LogP contribution in [0.2, 0.25) is 0 Å². The first-order valence-electron chi connectivity index (χ1n) is 3.32. The van der Waals surface area contributed by atoms with Gasteiger partial charge in [0.1, 0.15) is 0 Å². The molecule has 0 bridgehead atoms. The summed E-state index contributed by atoms with van der Waals surface area (Å²) < 4.78 is 4.96. The Bertz CT molecular complexity index is 283. The lowest BCUT2D eigenvalue weighted by Gasteiger charge is -2.08. The van der Waals surface area contributed by atoms with E-state index in [1.165, 1.54) is 0 Å². The zero-order valence-corrected chi connectivity index (χ0v) is 8.86. The van der Waals surface area contributed by atoms with Gasteiger partial charge in [-0.25, -0.2) is 0 Å². The molecular formula is C7H9O2PS2. The maximum Gasteiger partial charge on any atom is 0.241 e. The van der Waals surface area contributed by atoms with Gasteiger partial charge in [-0.05, 0) is 17.4 Å². The van der Waals surface area contributed by atoms with E-state index in [0.29, 0.717) is 6.61 Å². The summed E-state index contributed by atoms with van der Waals surface area (Å²) in [5.74, 6) is 0. The minimum atomic E-state index is -2.80. The van der Waals surface area contributed by atoms with Gasteiger partial charge >= 0.3 is 0 Å². The third-order valence-corrected chi connectivity index (χ3v) is 2.37. The Hall–Kier alpha value is 0.140. The maximum atomic E-state index is 9.05. The number of thiol groups is 1. The zero-order chi connectivity index (χ0) is 9.03. The number of benzene rings is 1. The minimum absolute atomic E-state index is 0.318. The van der Waals surface area contributed by atoms with Crippen LogP contribution >= 0.6 is 17.9 Å². The maximum absolute atomic E-state index is 9.05. The van der Waals surface area contributed by atoms with Gasteiger partial charge in [0, 0.05) is 0 Å². The third kappa shape index (κ3) is 4.24. The van der Waals surface area contributed by atoms with Gasteiger partial charge in [-0.2, -0.15) is 0 Å². The predicted octanol–water partition coefficient (Wildman–Crippen LogP) is 2.35. The van der Waals surface area contributed by atoms with Crippen LogP contribution in [-0.2, 0) is 22.9 Å². The molecule has 12 heavy (non-hydrogen) atoms. The zero-order valence-electron chi connectivity index (χ0n) is 6.25. The molecule has 0 saturated heterocycles. The van der Waals surface area contributed by atoms with E-state index in [4.69, 9.17) is 9.42 Å². The summed E-state index contributed by atoms with van der Waals surface area (Å²) in [6, 6.07) is 9.52. The van der Waals surface area contributed by atoms with E-state index < -0.39 is 5.69 Å². The fourth-order valence-corrected chi connectivity index (χ4v) is 1.38. The van der Waals surface area contributed by atoms with Crippen molar-refractivity contribution in [2.45, 2.75) is 6.61 Å². The van der Waals surface area contributed by atoms with Crippen LogP contribution in [0.1, 0.15) is 5.56 Å². The van der Waals surface area contributed by atoms with Crippen molar-refractivity contribution in [2.24, 2.45) is 0 Å². The number of rotatable bonds is 3. The Kier molecular flexibility index (Phi) is 3.75. The smallest absolute Gasteiger partial charge is 0.241 e. The number of hydrogen-bond donors (Lipinski definition) is 2. The van der Waals surface area contributed by atoms with Gasteiger partial charge in [-0.15, -0.1) is 0 Å². The van der Waals surface area contributed by atoms with E-state index >= 15 is 0 Å². The normalized spacial score (nSPS) is 15.5. The average molecular weight is 220 g/mol. The molecule has 1 N–H and O–H groups in total. The van der Waals surface area contributed by atoms with Crippen molar-refractivity contribution in [1.82, 2.24) is 0 Å². The molecule has 0 aliphatic heterocycles. The van der Waals surface area contributed by atoms with Crippen LogP contribution in [-0.4, -0.2) is 4.89 Å². The van der Waals surface area contributed by atoms with Crippen LogP contribution < -0.4 is 0 Å². The fourth-order valence-electron chi connectivity index (χ4n) is 0.733. The molecule has 66 valence electrons. The van der Waals surface area contributed by atoms with Crippen molar-refractivity contribution in [3.8, 4) is 0 Å². The topological polar surface area (TPSA) is 29.5 Å². The van der Waals surface area contributed by atoms with E-state index in [-0.39, 0.29) is 0 Å². The first kappa shape index (κ1) is 10.2. The SMILES string of the molecule is OP(=S)(S)OCc1ccccc1. The van der Waals surface area contributed by atoms with Gasteiger partial charge in [-0.3, -0.25) is 0 Å². The van der Waals surface area contributed by atoms with Crippen LogP contribution in [0.15, 0.2) is 30.3 Å². The summed E-state index contributed by atoms with van der Waals surface area (Å²) in [5.41, 5.74) is -1.82. The molecule has 0 saturated carbocycles. The molecule has 1 aromatic carbocycles. The molecule has 0 aliphatic carbocycles. The van der Waals surface area contributed by atoms with Crippen LogP contribution in [0, 0.1) is 0 Å². The Morgan fingerprint density at radius 2 is 2.00 bits per heavy atom. The monoisotopic (exact) mass is 220 g/mol. The highest BCUT2D eigenvalue weighted by Crippen LogP contribution is 2.47. The van der Waals surface area contributed by atoms with E-state index in [2.05, 4.69) is 24.1 Å². The summed E-state index contributed by atoms with van der Waals surface area (Å²) >= 11 is 8.34. The van der Waals surface area contributed by atoms with Gasteiger partial charge < -0.3 is 9.42 Å². The molecule has 1 aromatic rings. The summed E-state index contributed by atoms with van der Waals surface area (Å²) in [7, 11) is 0. The third-order valence-electron chi connectivity index (χ3n) is 1.24. The molecule has 0 heterocycles. The lowest BCUT2D eigenvalue weighted by atomic mass is 10.2. The van der Waals surface area contributed by atoms with Crippen LogP contribution in [0.5, 0.6) is 0 Å². The van der Waals surface area contributed by atoms with Crippen LogP contribution in [0.4, 0.5) is 0 Å². The van der Waals surface area contributed by atoms with Crippen molar-refractivity contribution in [3.05, 3.63) is 35.9 Å². The molecule has 0 fully saturated rings. The first-order valence-corrected chi connectivity index (χ1v) is 7.14. The minimum Gasteiger partial charge on any atom is -0.338 e. The molecule has 0 radical (unpaired) electrons. The summed E-state index contributed by atoms with van der Waals surface area (Å²) in [5, 5.41) is 0. The summed E-state index contributed by atoms with van der Waals surface area (Å²) in [4.78, 5) is 9.05. The van der Waals surface area contributed by atoms with Crippen molar-refractivity contribution in [2.75, 3.05) is 0 Å². The highest BCUT2D eigenvalue weighted by molar-refractivity contribution is 8.59. The summed E-state index contributed by atoms with van der Waals surface area (Å²) in [6.45, 7) is 0.318. The lowest BCUT2D eigenvalue weighted by Crippen LogP contribution is -1.86. The van der Waals surface area contributed by atoms with Gasteiger partial charge in [0.2, 0.25) is 5.69 Å². The van der Waals surface area contributed by atoms with E-state index in [0.717, 1.165) is 5.56 Å². The number of hydrogen-bond acceptors (Lipinski definition) is 2. The largest absolute Gasteiger partial charge is 0.338 e. The molecule has 2 nitrogen and oxygen atoms in total. The molecule has 1 atom stereocenters. The molecule has 0 amide bonds. The quantitative estimate of drug-likeness (QED) is 0.605. The van der Waals surface area contributed by atoms with Gasteiger partial charge in [-0.1, -0.05) is 42.6 Å². The van der Waals surface area contributed by atoms with Crippen LogP contribution in [0.3, 0.4) is 0 Å². The van der Waals surface area contributed by atoms with Gasteiger partial charge in [0.25, 0.3) is 0 Å². The molecular weight excluding hydrogens is 211 g/mol. The average Bonchev–Trinajstić information content (AvgIpc) is 2.02. The molecule has 1 rings (SSSR count). The van der Waals surface area contributed by atoms with Gasteiger partial charge in [0.15, 0.2) is 0 Å². The highest BCUT2D eigenvalue weighted by atomic mass is 32.9. The van der Waals surface area contributed by atoms with Crippen molar-refractivity contribution < 1.29 is 9.42 Å². The van der Waals surface area contributed by atoms with Crippen molar-refractivity contribution in [3.63, 3.8) is 0 Å². The Morgan fingerprint density at radius 1 is 1.42 bits per heavy atom. The fraction of sp³-hybridized carbons (Fsp3) is 0.143. The molecule has 1 unspecified atom stereocenters. The van der Waals surface area contributed by atoms with E-state index in [1.54, 1.807) is 0 Å². The van der Waals surface area contributed by atoms with E-state index in [9.17, 15) is 0 Å². The Balaban J connectivity index is 2.50.